The number of carbonyl (C=O) groups excluding carboxylic acids is 1. The molecule has 2 bridgehead atoms. The quantitative estimate of drug-likeness (QED) is 0.847. The van der Waals surface area contributed by atoms with E-state index in [-0.39, 0.29) is 11.7 Å². The van der Waals surface area contributed by atoms with Crippen molar-refractivity contribution >= 4 is 15.9 Å². The second-order valence-electron chi connectivity index (χ2n) is 7.72. The first kappa shape index (κ1) is 17.9. The van der Waals surface area contributed by atoms with Gasteiger partial charge >= 0.3 is 0 Å². The van der Waals surface area contributed by atoms with Gasteiger partial charge < -0.3 is 10.1 Å². The number of ether oxygens (including phenoxy) is 1. The summed E-state index contributed by atoms with van der Waals surface area (Å²) in [6.45, 7) is 1.71. The van der Waals surface area contributed by atoms with E-state index < -0.39 is 10.0 Å². The summed E-state index contributed by atoms with van der Waals surface area (Å²) < 4.78 is 31.6. The highest BCUT2D eigenvalue weighted by Crippen LogP contribution is 2.44. The smallest absolute Gasteiger partial charge is 0.251 e. The van der Waals surface area contributed by atoms with Gasteiger partial charge in [0.2, 0.25) is 10.0 Å². The second kappa shape index (κ2) is 7.29. The van der Waals surface area contributed by atoms with Crippen molar-refractivity contribution in [2.24, 2.45) is 11.8 Å². The normalized spacial score (nSPS) is 29.0. The summed E-state index contributed by atoms with van der Waals surface area (Å²) in [5.41, 5.74) is 1.30. The molecule has 0 unspecified atom stereocenters. The highest BCUT2D eigenvalue weighted by Gasteiger charge is 2.40. The largest absolute Gasteiger partial charge is 0.379 e. The van der Waals surface area contributed by atoms with E-state index in [9.17, 15) is 13.2 Å². The van der Waals surface area contributed by atoms with Gasteiger partial charge in [0, 0.05) is 24.7 Å². The first-order chi connectivity index (χ1) is 12.5. The average Bonchev–Trinajstić information content (AvgIpc) is 3.26. The fourth-order valence-corrected chi connectivity index (χ4v) is 6.05. The molecule has 1 aliphatic heterocycles. The van der Waals surface area contributed by atoms with Crippen LogP contribution in [0.15, 0.2) is 24.3 Å². The Kier molecular flexibility index (Phi) is 5.03. The molecule has 0 spiro atoms. The standard InChI is InChI=1S/C19H26N2O4S/c22-19(20-18-12-15-3-6-17(18)11-15)16-4-1-14(2-5-16)13-26(23,24)21-7-9-25-10-8-21/h1-2,4-5,15,17-18H,3,6-13H2,(H,20,22)/t15-,17-,18+/m0/s1. The predicted molar refractivity (Wildman–Crippen MR) is 98.2 cm³/mol. The van der Waals surface area contributed by atoms with Crippen LogP contribution in [0.1, 0.15) is 41.6 Å². The van der Waals surface area contributed by atoms with Crippen LogP contribution < -0.4 is 5.32 Å². The Bertz CT molecular complexity index is 756. The zero-order valence-electron chi connectivity index (χ0n) is 14.9. The maximum absolute atomic E-state index is 12.5. The number of hydrogen-bond donors (Lipinski definition) is 1. The van der Waals surface area contributed by atoms with Gasteiger partial charge in [-0.05, 0) is 48.8 Å². The lowest BCUT2D eigenvalue weighted by Gasteiger charge is -2.26. The first-order valence-corrected chi connectivity index (χ1v) is 11.1. The lowest BCUT2D eigenvalue weighted by Crippen LogP contribution is -2.41. The molecule has 2 aliphatic carbocycles. The molecular weight excluding hydrogens is 352 g/mol. The molecule has 6 nitrogen and oxygen atoms in total. The van der Waals surface area contributed by atoms with E-state index in [0.717, 1.165) is 12.3 Å². The molecule has 1 saturated heterocycles. The van der Waals surface area contributed by atoms with Crippen LogP contribution in [0.2, 0.25) is 0 Å². The molecule has 1 heterocycles. The third-order valence-electron chi connectivity index (χ3n) is 5.98. The molecule has 2 saturated carbocycles. The molecule has 3 atom stereocenters. The van der Waals surface area contributed by atoms with Crippen molar-refractivity contribution in [2.45, 2.75) is 37.5 Å². The Balaban J connectivity index is 1.36. The Morgan fingerprint density at radius 3 is 2.46 bits per heavy atom. The topological polar surface area (TPSA) is 75.7 Å². The summed E-state index contributed by atoms with van der Waals surface area (Å²) in [7, 11) is -3.34. The monoisotopic (exact) mass is 378 g/mol. The van der Waals surface area contributed by atoms with Crippen molar-refractivity contribution in [3.05, 3.63) is 35.4 Å². The third-order valence-corrected chi connectivity index (χ3v) is 7.83. The molecule has 0 aromatic heterocycles. The number of hydrogen-bond acceptors (Lipinski definition) is 4. The fraction of sp³-hybridized carbons (Fsp3) is 0.632. The Labute approximate surface area is 155 Å². The number of nitrogens with one attached hydrogen (secondary N) is 1. The van der Waals surface area contributed by atoms with Gasteiger partial charge in [-0.15, -0.1) is 0 Å². The van der Waals surface area contributed by atoms with E-state index in [2.05, 4.69) is 5.32 Å². The molecule has 3 aliphatic rings. The van der Waals surface area contributed by atoms with E-state index in [1.165, 1.54) is 23.6 Å². The van der Waals surface area contributed by atoms with Gasteiger partial charge in [-0.25, -0.2) is 8.42 Å². The minimum absolute atomic E-state index is 0.0404. The Morgan fingerprint density at radius 1 is 1.12 bits per heavy atom. The molecule has 1 aromatic carbocycles. The summed E-state index contributed by atoms with van der Waals surface area (Å²) in [6.07, 6.45) is 4.90. The van der Waals surface area contributed by atoms with Gasteiger partial charge in [-0.2, -0.15) is 4.31 Å². The van der Waals surface area contributed by atoms with Crippen molar-refractivity contribution in [2.75, 3.05) is 26.3 Å². The van der Waals surface area contributed by atoms with Crippen molar-refractivity contribution in [1.29, 1.82) is 0 Å². The highest BCUT2D eigenvalue weighted by atomic mass is 32.2. The lowest BCUT2D eigenvalue weighted by atomic mass is 9.95. The molecule has 1 N–H and O–H groups in total. The SMILES string of the molecule is O=C(N[C@@H]1C[C@H]2CC[C@H]1C2)c1ccc(CS(=O)(=O)N2CCOCC2)cc1. The Hall–Kier alpha value is -1.44. The van der Waals surface area contributed by atoms with Gasteiger partial charge in [0.05, 0.1) is 19.0 Å². The summed E-state index contributed by atoms with van der Waals surface area (Å²) in [5.74, 6) is 1.34. The Morgan fingerprint density at radius 2 is 1.85 bits per heavy atom. The van der Waals surface area contributed by atoms with E-state index in [4.69, 9.17) is 4.74 Å². The maximum Gasteiger partial charge on any atom is 0.251 e. The summed E-state index contributed by atoms with van der Waals surface area (Å²) >= 11 is 0. The van der Waals surface area contributed by atoms with E-state index in [0.29, 0.717) is 49.4 Å². The number of amides is 1. The second-order valence-corrected chi connectivity index (χ2v) is 9.69. The van der Waals surface area contributed by atoms with Crippen LogP contribution in [0, 0.1) is 11.8 Å². The number of rotatable bonds is 5. The molecule has 1 aromatic rings. The van der Waals surface area contributed by atoms with Crippen molar-refractivity contribution in [1.82, 2.24) is 9.62 Å². The number of fused-ring (bicyclic) bond motifs is 2. The molecule has 142 valence electrons. The number of carbonyl (C=O) groups is 1. The van der Waals surface area contributed by atoms with E-state index in [1.54, 1.807) is 24.3 Å². The third kappa shape index (κ3) is 3.80. The zero-order chi connectivity index (χ0) is 18.1. The van der Waals surface area contributed by atoms with Crippen molar-refractivity contribution in [3.63, 3.8) is 0 Å². The van der Waals surface area contributed by atoms with Gasteiger partial charge in [-0.3, -0.25) is 4.79 Å². The first-order valence-electron chi connectivity index (χ1n) is 9.46. The van der Waals surface area contributed by atoms with Crippen LogP contribution >= 0.6 is 0 Å². The van der Waals surface area contributed by atoms with Crippen molar-refractivity contribution < 1.29 is 17.9 Å². The van der Waals surface area contributed by atoms with Gasteiger partial charge in [-0.1, -0.05) is 18.6 Å². The van der Waals surface area contributed by atoms with Crippen molar-refractivity contribution in [3.8, 4) is 0 Å². The average molecular weight is 378 g/mol. The van der Waals surface area contributed by atoms with Crippen LogP contribution in [0.5, 0.6) is 0 Å². The molecule has 0 radical (unpaired) electrons. The molecule has 4 rings (SSSR count). The van der Waals surface area contributed by atoms with Crippen LogP contribution in [-0.2, 0) is 20.5 Å². The van der Waals surface area contributed by atoms with Crippen LogP contribution in [0.4, 0.5) is 0 Å². The molecule has 3 fully saturated rings. The fourth-order valence-electron chi connectivity index (χ4n) is 4.55. The number of sulfonamides is 1. The predicted octanol–water partition coefficient (Wildman–Crippen LogP) is 1.77. The number of nitrogens with zero attached hydrogens (tertiary/aromatic N) is 1. The van der Waals surface area contributed by atoms with Crippen LogP contribution in [-0.4, -0.2) is 51.0 Å². The summed E-state index contributed by atoms with van der Waals surface area (Å²) in [5, 5.41) is 3.17. The molecule has 7 heteroatoms. The number of benzene rings is 1. The summed E-state index contributed by atoms with van der Waals surface area (Å²) in [4.78, 5) is 12.5. The lowest BCUT2D eigenvalue weighted by molar-refractivity contribution is 0.0729. The minimum atomic E-state index is -3.34. The minimum Gasteiger partial charge on any atom is -0.379 e. The van der Waals surface area contributed by atoms with Crippen LogP contribution in [0.3, 0.4) is 0 Å². The number of morpholine rings is 1. The molecule has 1 amide bonds. The molecule has 26 heavy (non-hydrogen) atoms. The van der Waals surface area contributed by atoms with E-state index >= 15 is 0 Å². The zero-order valence-corrected chi connectivity index (χ0v) is 15.7. The summed E-state index contributed by atoms with van der Waals surface area (Å²) in [6, 6.07) is 7.25. The van der Waals surface area contributed by atoms with Crippen LogP contribution in [0.25, 0.3) is 0 Å². The molecular formula is C19H26N2O4S. The van der Waals surface area contributed by atoms with Gasteiger partial charge in [0.25, 0.3) is 5.91 Å². The van der Waals surface area contributed by atoms with Gasteiger partial charge in [0.15, 0.2) is 0 Å². The highest BCUT2D eigenvalue weighted by molar-refractivity contribution is 7.88. The van der Waals surface area contributed by atoms with E-state index in [1.807, 2.05) is 0 Å². The van der Waals surface area contributed by atoms with Gasteiger partial charge in [0.1, 0.15) is 0 Å². The maximum atomic E-state index is 12.5.